The minimum Gasteiger partial charge on any atom is -0.491 e. The maximum Gasteiger partial charge on any atom is 0.122 e. The zero-order chi connectivity index (χ0) is 15.9. The van der Waals surface area contributed by atoms with Crippen LogP contribution in [-0.4, -0.2) is 44.4 Å². The first-order valence-electron chi connectivity index (χ1n) is 8.36. The molecule has 0 amide bonds. The van der Waals surface area contributed by atoms with Crippen molar-refractivity contribution >= 4 is 0 Å². The van der Waals surface area contributed by atoms with Gasteiger partial charge in [-0.1, -0.05) is 48.5 Å². The van der Waals surface area contributed by atoms with Gasteiger partial charge in [0.15, 0.2) is 0 Å². The second-order valence-corrected chi connectivity index (χ2v) is 6.16. The smallest absolute Gasteiger partial charge is 0.122 e. The molecule has 3 nitrogen and oxygen atoms in total. The average Bonchev–Trinajstić information content (AvgIpc) is 2.60. The lowest BCUT2D eigenvalue weighted by molar-refractivity contribution is -0.0404. The molecule has 2 aromatic rings. The Hall–Kier alpha value is -1.84. The number of hydrogen-bond acceptors (Lipinski definition) is 3. The van der Waals surface area contributed by atoms with E-state index in [0.717, 1.165) is 38.3 Å². The van der Waals surface area contributed by atoms with Crippen LogP contribution < -0.4 is 4.74 Å². The third-order valence-electron chi connectivity index (χ3n) is 4.27. The van der Waals surface area contributed by atoms with Gasteiger partial charge in [-0.2, -0.15) is 0 Å². The molecule has 1 aliphatic heterocycles. The summed E-state index contributed by atoms with van der Waals surface area (Å²) in [6.07, 6.45) is 2.19. The summed E-state index contributed by atoms with van der Waals surface area (Å²) in [7, 11) is 2.13. The average molecular weight is 311 g/mol. The Morgan fingerprint density at radius 2 is 1.83 bits per heavy atom. The van der Waals surface area contributed by atoms with E-state index in [1.54, 1.807) is 0 Å². The Balaban J connectivity index is 1.57. The Morgan fingerprint density at radius 1 is 1.04 bits per heavy atom. The summed E-state index contributed by atoms with van der Waals surface area (Å²) in [6.45, 7) is 3.35. The molecule has 122 valence electrons. The molecule has 1 saturated heterocycles. The van der Waals surface area contributed by atoms with Crippen molar-refractivity contribution in [2.75, 3.05) is 33.4 Å². The van der Waals surface area contributed by atoms with Crippen LogP contribution in [0.2, 0.25) is 0 Å². The number of hydrogen-bond donors (Lipinski definition) is 0. The summed E-state index contributed by atoms with van der Waals surface area (Å²) in [5, 5.41) is 0. The van der Waals surface area contributed by atoms with Crippen LogP contribution in [-0.2, 0) is 17.6 Å². The summed E-state index contributed by atoms with van der Waals surface area (Å²) in [5.74, 6) is 0.986. The molecule has 1 aliphatic rings. The summed E-state index contributed by atoms with van der Waals surface area (Å²) in [5.41, 5.74) is 2.63. The maximum absolute atomic E-state index is 6.06. The molecular weight excluding hydrogens is 286 g/mol. The minimum atomic E-state index is 0.163. The van der Waals surface area contributed by atoms with E-state index in [4.69, 9.17) is 9.47 Å². The van der Waals surface area contributed by atoms with E-state index in [2.05, 4.69) is 60.5 Å². The highest BCUT2D eigenvalue weighted by Crippen LogP contribution is 2.21. The van der Waals surface area contributed by atoms with Crippen LogP contribution in [0.5, 0.6) is 5.75 Å². The predicted octanol–water partition coefficient (Wildman–Crippen LogP) is 3.18. The van der Waals surface area contributed by atoms with E-state index in [1.165, 1.54) is 11.1 Å². The fraction of sp³-hybridized carbons (Fsp3) is 0.400. The second-order valence-electron chi connectivity index (χ2n) is 6.16. The van der Waals surface area contributed by atoms with Crippen LogP contribution >= 0.6 is 0 Å². The van der Waals surface area contributed by atoms with Crippen molar-refractivity contribution in [3.63, 3.8) is 0 Å². The molecule has 2 aromatic carbocycles. The Kier molecular flexibility index (Phi) is 5.67. The maximum atomic E-state index is 6.06. The van der Waals surface area contributed by atoms with Crippen LogP contribution in [0.4, 0.5) is 0 Å². The molecule has 3 heteroatoms. The van der Waals surface area contributed by atoms with E-state index < -0.39 is 0 Å². The molecule has 23 heavy (non-hydrogen) atoms. The summed E-state index contributed by atoms with van der Waals surface area (Å²) >= 11 is 0. The molecule has 0 saturated carbocycles. The number of morpholine rings is 1. The van der Waals surface area contributed by atoms with Crippen LogP contribution in [0.3, 0.4) is 0 Å². The second kappa shape index (κ2) is 8.14. The number of rotatable bonds is 6. The van der Waals surface area contributed by atoms with Gasteiger partial charge in [-0.05, 0) is 37.1 Å². The molecular formula is C20H25NO2. The lowest BCUT2D eigenvalue weighted by Crippen LogP contribution is -2.42. The lowest BCUT2D eigenvalue weighted by atomic mass is 10.0. The lowest BCUT2D eigenvalue weighted by Gasteiger charge is -2.30. The number of benzene rings is 2. The predicted molar refractivity (Wildman–Crippen MR) is 93.0 cm³/mol. The van der Waals surface area contributed by atoms with E-state index in [9.17, 15) is 0 Å². The van der Waals surface area contributed by atoms with Crippen molar-refractivity contribution in [3.8, 4) is 5.75 Å². The number of para-hydroxylation sites is 1. The Labute approximate surface area is 138 Å². The van der Waals surface area contributed by atoms with Gasteiger partial charge in [-0.25, -0.2) is 0 Å². The van der Waals surface area contributed by atoms with Gasteiger partial charge < -0.3 is 14.4 Å². The van der Waals surface area contributed by atoms with Gasteiger partial charge in [-0.15, -0.1) is 0 Å². The van der Waals surface area contributed by atoms with Gasteiger partial charge in [0.2, 0.25) is 0 Å². The Morgan fingerprint density at radius 3 is 2.65 bits per heavy atom. The molecule has 0 radical (unpaired) electrons. The first-order valence-corrected chi connectivity index (χ1v) is 8.36. The van der Waals surface area contributed by atoms with Crippen molar-refractivity contribution in [1.82, 2.24) is 4.90 Å². The normalized spacial score (nSPS) is 18.7. The third kappa shape index (κ3) is 4.81. The van der Waals surface area contributed by atoms with Crippen molar-refractivity contribution in [1.29, 1.82) is 0 Å². The molecule has 0 unspecified atom stereocenters. The largest absolute Gasteiger partial charge is 0.491 e. The van der Waals surface area contributed by atoms with Crippen LogP contribution in [0.15, 0.2) is 54.6 Å². The van der Waals surface area contributed by atoms with Gasteiger partial charge in [-0.3, -0.25) is 0 Å². The van der Waals surface area contributed by atoms with Crippen LogP contribution in [0, 0.1) is 0 Å². The first-order chi connectivity index (χ1) is 11.3. The minimum absolute atomic E-state index is 0.163. The summed E-state index contributed by atoms with van der Waals surface area (Å²) in [4.78, 5) is 2.29. The van der Waals surface area contributed by atoms with Crippen molar-refractivity contribution in [2.24, 2.45) is 0 Å². The molecule has 1 fully saturated rings. The first kappa shape index (κ1) is 16.0. The molecule has 0 bridgehead atoms. The number of nitrogens with zero attached hydrogens (tertiary/aromatic N) is 1. The number of aryl methyl sites for hydroxylation is 2. The Bertz CT molecular complexity index is 600. The standard InChI is InChI=1S/C20H25NO2/c1-21-13-14-22-19(15-21)16-23-20-10-6-5-9-18(20)12-11-17-7-3-2-4-8-17/h2-10,19H,11-16H2,1H3/t19-/m0/s1. The third-order valence-corrected chi connectivity index (χ3v) is 4.27. The zero-order valence-electron chi connectivity index (χ0n) is 13.8. The zero-order valence-corrected chi connectivity index (χ0v) is 13.8. The summed E-state index contributed by atoms with van der Waals surface area (Å²) < 4.78 is 11.8. The fourth-order valence-electron chi connectivity index (χ4n) is 2.93. The van der Waals surface area contributed by atoms with Crippen molar-refractivity contribution < 1.29 is 9.47 Å². The summed E-state index contributed by atoms with van der Waals surface area (Å²) in [6, 6.07) is 18.9. The highest BCUT2D eigenvalue weighted by Gasteiger charge is 2.18. The molecule has 0 aliphatic carbocycles. The molecule has 0 spiro atoms. The molecule has 0 N–H and O–H groups in total. The fourth-order valence-corrected chi connectivity index (χ4v) is 2.93. The van der Waals surface area contributed by atoms with E-state index >= 15 is 0 Å². The van der Waals surface area contributed by atoms with Crippen molar-refractivity contribution in [3.05, 3.63) is 65.7 Å². The van der Waals surface area contributed by atoms with Crippen molar-refractivity contribution in [2.45, 2.75) is 18.9 Å². The van der Waals surface area contributed by atoms with E-state index in [-0.39, 0.29) is 6.10 Å². The monoisotopic (exact) mass is 311 g/mol. The molecule has 3 rings (SSSR count). The van der Waals surface area contributed by atoms with Gasteiger partial charge in [0, 0.05) is 13.1 Å². The van der Waals surface area contributed by atoms with Gasteiger partial charge in [0.1, 0.15) is 18.5 Å². The molecule has 1 atom stereocenters. The van der Waals surface area contributed by atoms with Gasteiger partial charge in [0.05, 0.1) is 6.61 Å². The van der Waals surface area contributed by atoms with Gasteiger partial charge in [0.25, 0.3) is 0 Å². The molecule has 1 heterocycles. The quantitative estimate of drug-likeness (QED) is 0.818. The van der Waals surface area contributed by atoms with E-state index in [0.29, 0.717) is 6.61 Å². The number of ether oxygens (including phenoxy) is 2. The highest BCUT2D eigenvalue weighted by atomic mass is 16.5. The van der Waals surface area contributed by atoms with Crippen LogP contribution in [0.25, 0.3) is 0 Å². The highest BCUT2D eigenvalue weighted by molar-refractivity contribution is 5.34. The SMILES string of the molecule is CN1CCO[C@H](COc2ccccc2CCc2ccccc2)C1. The molecule has 0 aromatic heterocycles. The van der Waals surface area contributed by atoms with Gasteiger partial charge >= 0.3 is 0 Å². The topological polar surface area (TPSA) is 21.7 Å². The number of likely N-dealkylation sites (N-methyl/N-ethyl adjacent to an activating group) is 1. The van der Waals surface area contributed by atoms with E-state index in [1.807, 2.05) is 6.07 Å². The van der Waals surface area contributed by atoms with Crippen LogP contribution in [0.1, 0.15) is 11.1 Å².